The van der Waals surface area contributed by atoms with Crippen LogP contribution in [-0.4, -0.2) is 17.1 Å². The minimum absolute atomic E-state index is 0.0618. The molecule has 2 fully saturated rings. The molecular weight excluding hydrogens is 435 g/mol. The van der Waals surface area contributed by atoms with Gasteiger partial charge < -0.3 is 4.90 Å². The van der Waals surface area contributed by atoms with Gasteiger partial charge in [0.1, 0.15) is 5.82 Å². The minimum Gasteiger partial charge on any atom is -0.307 e. The van der Waals surface area contributed by atoms with Crippen LogP contribution in [0.25, 0.3) is 0 Å². The fraction of sp³-hybridized carbons (Fsp3) is 0.259. The molecule has 2 saturated carbocycles. The van der Waals surface area contributed by atoms with Crippen LogP contribution >= 0.6 is 11.9 Å². The van der Waals surface area contributed by atoms with Gasteiger partial charge in [0.15, 0.2) is 0 Å². The third-order valence-corrected chi connectivity index (χ3v) is 8.04. The number of nitrogens with zero attached hydrogens (tertiary/aromatic N) is 1. The van der Waals surface area contributed by atoms with E-state index in [0.717, 1.165) is 28.8 Å². The van der Waals surface area contributed by atoms with Gasteiger partial charge >= 0.3 is 0 Å². The summed E-state index contributed by atoms with van der Waals surface area (Å²) in [5, 5.41) is 0.558. The number of carbonyl (C=O) groups is 2. The van der Waals surface area contributed by atoms with Gasteiger partial charge in [0.05, 0.1) is 12.0 Å². The van der Waals surface area contributed by atoms with Gasteiger partial charge in [-0.1, -0.05) is 42.5 Å². The van der Waals surface area contributed by atoms with Crippen LogP contribution in [0.2, 0.25) is 0 Å². The number of hydrogen-bond acceptors (Lipinski definition) is 3. The summed E-state index contributed by atoms with van der Waals surface area (Å²) in [7, 11) is 0. The van der Waals surface area contributed by atoms with Crippen molar-refractivity contribution in [2.45, 2.75) is 42.4 Å². The molecule has 3 aliphatic rings. The maximum atomic E-state index is 13.7. The van der Waals surface area contributed by atoms with Crippen LogP contribution in [0.1, 0.15) is 52.2 Å². The van der Waals surface area contributed by atoms with Gasteiger partial charge in [-0.25, -0.2) is 4.39 Å². The number of amides is 2. The van der Waals surface area contributed by atoms with Crippen LogP contribution in [0.4, 0.5) is 10.1 Å². The lowest BCUT2D eigenvalue weighted by molar-refractivity contribution is -0.120. The average Bonchev–Trinajstić information content (AvgIpc) is 3.76. The number of carbonyl (C=O) groups excluding carboxylic acids is 2. The van der Waals surface area contributed by atoms with Crippen LogP contribution in [0, 0.1) is 5.82 Å². The highest BCUT2D eigenvalue weighted by Crippen LogP contribution is 2.66. The van der Waals surface area contributed by atoms with Crippen LogP contribution in [0.3, 0.4) is 0 Å². The average molecular weight is 459 g/mol. The molecule has 1 heterocycles. The summed E-state index contributed by atoms with van der Waals surface area (Å²) in [4.78, 5) is 27.9. The van der Waals surface area contributed by atoms with E-state index >= 15 is 0 Å². The summed E-state index contributed by atoms with van der Waals surface area (Å²) < 4.78 is 16.3. The summed E-state index contributed by atoms with van der Waals surface area (Å²) in [5.74, 6) is -0.191. The molecule has 2 amide bonds. The van der Waals surface area contributed by atoms with Crippen molar-refractivity contribution in [3.05, 3.63) is 101 Å². The standard InChI is InChI=1S/C27H23FN2O2S/c28-20-11-9-18(10-12-20)23-15-27(23)22-3-1-2-4-24(22)30(26(27)32)16-17-5-7-19(8-6-17)25(31)29-33-21-13-14-21/h1-12,21,23H,13-16H2,(H,29,31). The van der Waals surface area contributed by atoms with Crippen molar-refractivity contribution >= 4 is 29.4 Å². The highest BCUT2D eigenvalue weighted by Gasteiger charge is 2.67. The largest absolute Gasteiger partial charge is 0.307 e. The van der Waals surface area contributed by atoms with E-state index in [4.69, 9.17) is 0 Å². The van der Waals surface area contributed by atoms with Crippen molar-refractivity contribution in [1.82, 2.24) is 4.72 Å². The second kappa shape index (κ2) is 7.73. The molecule has 166 valence electrons. The Hall–Kier alpha value is -3.12. The summed E-state index contributed by atoms with van der Waals surface area (Å²) in [5.41, 5.74) is 4.03. The Morgan fingerprint density at radius 2 is 1.76 bits per heavy atom. The van der Waals surface area contributed by atoms with Crippen LogP contribution in [0.15, 0.2) is 72.8 Å². The zero-order valence-electron chi connectivity index (χ0n) is 18.0. The molecule has 1 aliphatic heterocycles. The predicted octanol–water partition coefficient (Wildman–Crippen LogP) is 5.34. The van der Waals surface area contributed by atoms with Crippen molar-refractivity contribution < 1.29 is 14.0 Å². The van der Waals surface area contributed by atoms with E-state index in [2.05, 4.69) is 4.72 Å². The first-order valence-corrected chi connectivity index (χ1v) is 12.2. The molecule has 0 saturated heterocycles. The van der Waals surface area contributed by atoms with Gasteiger partial charge in [-0.15, -0.1) is 0 Å². The van der Waals surface area contributed by atoms with E-state index in [1.807, 2.05) is 53.4 Å². The van der Waals surface area contributed by atoms with Gasteiger partial charge in [-0.2, -0.15) is 0 Å². The lowest BCUT2D eigenvalue weighted by Gasteiger charge is -2.19. The second-order valence-corrected chi connectivity index (χ2v) is 10.2. The normalized spacial score (nSPS) is 23.0. The molecular formula is C27H23FN2O2S. The Bertz CT molecular complexity index is 1240. The van der Waals surface area contributed by atoms with Crippen molar-refractivity contribution in [1.29, 1.82) is 0 Å². The maximum Gasteiger partial charge on any atom is 0.261 e. The number of hydrogen-bond donors (Lipinski definition) is 1. The zero-order chi connectivity index (χ0) is 22.6. The lowest BCUT2D eigenvalue weighted by atomic mass is 9.92. The molecule has 33 heavy (non-hydrogen) atoms. The van der Waals surface area contributed by atoms with Crippen molar-refractivity contribution in [3.8, 4) is 0 Å². The number of fused-ring (bicyclic) bond motifs is 2. The highest BCUT2D eigenvalue weighted by atomic mass is 32.2. The molecule has 1 N–H and O–H groups in total. The number of anilines is 1. The third kappa shape index (κ3) is 3.53. The first-order valence-electron chi connectivity index (χ1n) is 11.3. The van der Waals surface area contributed by atoms with Crippen molar-refractivity contribution in [2.75, 3.05) is 4.90 Å². The van der Waals surface area contributed by atoms with Crippen LogP contribution in [0.5, 0.6) is 0 Å². The van der Waals surface area contributed by atoms with Crippen molar-refractivity contribution in [2.24, 2.45) is 0 Å². The Balaban J connectivity index is 1.23. The Labute approximate surface area is 196 Å². The van der Waals surface area contributed by atoms with E-state index in [1.165, 1.54) is 36.9 Å². The Kier molecular flexibility index (Phi) is 4.80. The third-order valence-electron chi connectivity index (χ3n) is 6.93. The number of rotatable bonds is 6. The fourth-order valence-corrected chi connectivity index (χ4v) is 5.69. The SMILES string of the molecule is O=C(NSC1CC1)c1ccc(CN2C(=O)C3(CC3c3ccc(F)cc3)c3ccccc32)cc1. The predicted molar refractivity (Wildman–Crippen MR) is 128 cm³/mol. The molecule has 2 aliphatic carbocycles. The fourth-order valence-electron chi connectivity index (χ4n) is 4.93. The van der Waals surface area contributed by atoms with Crippen LogP contribution < -0.4 is 9.62 Å². The summed E-state index contributed by atoms with van der Waals surface area (Å²) in [6.07, 6.45) is 3.07. The quantitative estimate of drug-likeness (QED) is 0.508. The van der Waals surface area contributed by atoms with E-state index < -0.39 is 5.41 Å². The molecule has 0 bridgehead atoms. The summed E-state index contributed by atoms with van der Waals surface area (Å²) >= 11 is 1.50. The summed E-state index contributed by atoms with van der Waals surface area (Å²) in [6.45, 7) is 0.451. The molecule has 6 heteroatoms. The first kappa shape index (κ1) is 20.5. The van der Waals surface area contributed by atoms with Crippen molar-refractivity contribution in [3.63, 3.8) is 0 Å². The number of benzene rings is 3. The second-order valence-electron chi connectivity index (χ2n) is 9.13. The van der Waals surface area contributed by atoms with E-state index in [0.29, 0.717) is 17.4 Å². The molecule has 0 aromatic heterocycles. The lowest BCUT2D eigenvalue weighted by Crippen LogP contribution is -2.32. The highest BCUT2D eigenvalue weighted by molar-refractivity contribution is 7.98. The molecule has 3 aromatic carbocycles. The Morgan fingerprint density at radius 1 is 1.03 bits per heavy atom. The topological polar surface area (TPSA) is 49.4 Å². The van der Waals surface area contributed by atoms with Gasteiger partial charge in [0, 0.05) is 22.4 Å². The van der Waals surface area contributed by atoms with Gasteiger partial charge in [0.25, 0.3) is 5.91 Å². The maximum absolute atomic E-state index is 13.7. The molecule has 6 rings (SSSR count). The number of para-hydroxylation sites is 1. The smallest absolute Gasteiger partial charge is 0.261 e. The monoisotopic (exact) mass is 458 g/mol. The molecule has 3 aromatic rings. The van der Waals surface area contributed by atoms with Gasteiger partial charge in [-0.3, -0.25) is 14.3 Å². The molecule has 4 nitrogen and oxygen atoms in total. The zero-order valence-corrected chi connectivity index (χ0v) is 18.8. The molecule has 0 radical (unpaired) electrons. The van der Waals surface area contributed by atoms with Gasteiger partial charge in [-0.05, 0) is 78.2 Å². The van der Waals surface area contributed by atoms with E-state index in [-0.39, 0.29) is 23.5 Å². The van der Waals surface area contributed by atoms with E-state index in [9.17, 15) is 14.0 Å². The minimum atomic E-state index is -0.561. The molecule has 2 atom stereocenters. The number of halogens is 1. The summed E-state index contributed by atoms with van der Waals surface area (Å²) in [6, 6.07) is 22.0. The van der Waals surface area contributed by atoms with Gasteiger partial charge in [0.2, 0.25) is 5.91 Å². The first-order chi connectivity index (χ1) is 16.1. The number of nitrogens with one attached hydrogen (secondary N) is 1. The molecule has 2 unspecified atom stereocenters. The Morgan fingerprint density at radius 3 is 2.48 bits per heavy atom. The van der Waals surface area contributed by atoms with Crippen LogP contribution in [-0.2, 0) is 16.8 Å². The molecule has 1 spiro atoms. The van der Waals surface area contributed by atoms with E-state index in [1.54, 1.807) is 12.1 Å².